The Balaban J connectivity index is 1.65. The minimum Gasteiger partial charge on any atom is -0.494 e. The molecule has 0 N–H and O–H groups in total. The van der Waals surface area contributed by atoms with Crippen molar-refractivity contribution in [2.45, 2.75) is 32.6 Å². The number of rotatable bonds is 8. The first-order valence-electron chi connectivity index (χ1n) is 8.84. The summed E-state index contributed by atoms with van der Waals surface area (Å²) in [6, 6.07) is 17.2. The van der Waals surface area contributed by atoms with E-state index in [9.17, 15) is 4.39 Å². The van der Waals surface area contributed by atoms with Crippen LogP contribution in [0.15, 0.2) is 60.0 Å². The third-order valence-electron chi connectivity index (χ3n) is 4.21. The summed E-state index contributed by atoms with van der Waals surface area (Å²) in [4.78, 5) is 0.955. The molecule has 0 spiro atoms. The van der Waals surface area contributed by atoms with E-state index in [4.69, 9.17) is 4.74 Å². The van der Waals surface area contributed by atoms with Crippen molar-refractivity contribution in [3.63, 3.8) is 0 Å². The molecule has 1 aromatic heterocycles. The first-order valence-corrected chi connectivity index (χ1v) is 9.72. The summed E-state index contributed by atoms with van der Waals surface area (Å²) < 4.78 is 20.2. The van der Waals surface area contributed by atoms with E-state index in [0.717, 1.165) is 34.8 Å². The summed E-state index contributed by atoms with van der Waals surface area (Å²) in [5, 5.41) is 1.96. The molecule has 0 atom stereocenters. The Morgan fingerprint density at radius 2 is 1.72 bits per heavy atom. The Kier molecular flexibility index (Phi) is 6.24. The van der Waals surface area contributed by atoms with Crippen LogP contribution in [0, 0.1) is 5.82 Å². The van der Waals surface area contributed by atoms with Gasteiger partial charge in [-0.2, -0.15) is 0 Å². The minimum absolute atomic E-state index is 0.184. The average Bonchev–Trinajstić information content (AvgIpc) is 3.16. The highest BCUT2D eigenvalue weighted by Crippen LogP contribution is 2.31. The van der Waals surface area contributed by atoms with Gasteiger partial charge in [-0.1, -0.05) is 50.5 Å². The Bertz CT molecular complexity index is 778. The quantitative estimate of drug-likeness (QED) is 0.389. The van der Waals surface area contributed by atoms with Crippen LogP contribution in [0.3, 0.4) is 0 Å². The lowest BCUT2D eigenvalue weighted by atomic mass is 10.0. The molecule has 0 saturated heterocycles. The predicted molar refractivity (Wildman–Crippen MR) is 105 cm³/mol. The predicted octanol–water partition coefficient (Wildman–Crippen LogP) is 7.18. The summed E-state index contributed by atoms with van der Waals surface area (Å²) in [5.74, 6) is 0.687. The van der Waals surface area contributed by atoms with Crippen molar-refractivity contribution in [1.82, 2.24) is 0 Å². The van der Waals surface area contributed by atoms with Crippen LogP contribution < -0.4 is 4.74 Å². The van der Waals surface area contributed by atoms with E-state index in [1.807, 2.05) is 53.9 Å². The SMILES string of the molecule is CCCCCCOc1ccc(-c2ccc(-c3cccs3)c(F)c2)cc1. The molecule has 1 heterocycles. The summed E-state index contributed by atoms with van der Waals surface area (Å²) in [6.07, 6.45) is 4.79. The van der Waals surface area contributed by atoms with E-state index in [1.54, 1.807) is 17.4 Å². The normalized spacial score (nSPS) is 10.8. The van der Waals surface area contributed by atoms with Gasteiger partial charge in [0.1, 0.15) is 11.6 Å². The summed E-state index contributed by atoms with van der Waals surface area (Å²) in [6.45, 7) is 2.96. The second-order valence-corrected chi connectivity index (χ2v) is 7.05. The maximum absolute atomic E-state index is 14.4. The Morgan fingerprint density at radius 3 is 2.40 bits per heavy atom. The fraction of sp³-hybridized carbons (Fsp3) is 0.273. The van der Waals surface area contributed by atoms with Gasteiger partial charge in [0.15, 0.2) is 0 Å². The third-order valence-corrected chi connectivity index (χ3v) is 5.11. The maximum Gasteiger partial charge on any atom is 0.132 e. The van der Waals surface area contributed by atoms with E-state index < -0.39 is 0 Å². The lowest BCUT2D eigenvalue weighted by Gasteiger charge is -2.08. The molecule has 0 saturated carbocycles. The number of hydrogen-bond donors (Lipinski definition) is 0. The van der Waals surface area contributed by atoms with E-state index in [-0.39, 0.29) is 5.82 Å². The molecular formula is C22H23FOS. The third kappa shape index (κ3) is 4.70. The smallest absolute Gasteiger partial charge is 0.132 e. The van der Waals surface area contributed by atoms with Gasteiger partial charge in [-0.3, -0.25) is 0 Å². The van der Waals surface area contributed by atoms with Crippen LogP contribution in [0.2, 0.25) is 0 Å². The first-order chi connectivity index (χ1) is 12.3. The zero-order valence-corrected chi connectivity index (χ0v) is 15.3. The zero-order chi connectivity index (χ0) is 17.5. The van der Waals surface area contributed by atoms with Gasteiger partial charge in [-0.05, 0) is 53.3 Å². The van der Waals surface area contributed by atoms with Crippen LogP contribution in [0.1, 0.15) is 32.6 Å². The van der Waals surface area contributed by atoms with Crippen LogP contribution in [0.5, 0.6) is 5.75 Å². The van der Waals surface area contributed by atoms with Crippen molar-refractivity contribution >= 4 is 11.3 Å². The lowest BCUT2D eigenvalue weighted by molar-refractivity contribution is 0.305. The number of thiophene rings is 1. The molecule has 0 radical (unpaired) electrons. The molecular weight excluding hydrogens is 331 g/mol. The monoisotopic (exact) mass is 354 g/mol. The summed E-state index contributed by atoms with van der Waals surface area (Å²) in [7, 11) is 0. The van der Waals surface area contributed by atoms with Crippen molar-refractivity contribution in [3.05, 3.63) is 65.8 Å². The largest absolute Gasteiger partial charge is 0.494 e. The molecule has 0 bridgehead atoms. The minimum atomic E-state index is -0.184. The molecule has 130 valence electrons. The van der Waals surface area contributed by atoms with Crippen molar-refractivity contribution in [2.24, 2.45) is 0 Å². The van der Waals surface area contributed by atoms with Gasteiger partial charge < -0.3 is 4.74 Å². The molecule has 0 aliphatic carbocycles. The molecule has 0 aliphatic rings. The zero-order valence-electron chi connectivity index (χ0n) is 14.5. The van der Waals surface area contributed by atoms with E-state index >= 15 is 0 Å². The molecule has 3 aromatic rings. The Labute approximate surface area is 153 Å². The van der Waals surface area contributed by atoms with Gasteiger partial charge in [0.25, 0.3) is 0 Å². The van der Waals surface area contributed by atoms with Gasteiger partial charge >= 0.3 is 0 Å². The van der Waals surface area contributed by atoms with E-state index in [2.05, 4.69) is 6.92 Å². The highest BCUT2D eigenvalue weighted by atomic mass is 32.1. The van der Waals surface area contributed by atoms with Crippen molar-refractivity contribution < 1.29 is 9.13 Å². The van der Waals surface area contributed by atoms with E-state index in [0.29, 0.717) is 5.56 Å². The molecule has 3 rings (SSSR count). The lowest BCUT2D eigenvalue weighted by Crippen LogP contribution is -1.97. The van der Waals surface area contributed by atoms with Gasteiger partial charge in [0, 0.05) is 10.4 Å². The van der Waals surface area contributed by atoms with E-state index in [1.165, 1.54) is 19.3 Å². The van der Waals surface area contributed by atoms with Gasteiger partial charge in [-0.15, -0.1) is 11.3 Å². The highest BCUT2D eigenvalue weighted by Gasteiger charge is 2.08. The molecule has 3 heteroatoms. The first kappa shape index (κ1) is 17.7. The number of benzene rings is 2. The van der Waals surface area contributed by atoms with Crippen molar-refractivity contribution in [3.8, 4) is 27.3 Å². The fourth-order valence-corrected chi connectivity index (χ4v) is 3.54. The van der Waals surface area contributed by atoms with Gasteiger partial charge in [-0.25, -0.2) is 4.39 Å². The molecule has 25 heavy (non-hydrogen) atoms. The summed E-state index contributed by atoms with van der Waals surface area (Å²) >= 11 is 1.55. The Morgan fingerprint density at radius 1 is 0.920 bits per heavy atom. The fourth-order valence-electron chi connectivity index (χ4n) is 2.79. The Hall–Kier alpha value is -2.13. The number of ether oxygens (including phenoxy) is 1. The van der Waals surface area contributed by atoms with Crippen LogP contribution in [0.25, 0.3) is 21.6 Å². The molecule has 0 aliphatic heterocycles. The van der Waals surface area contributed by atoms with Crippen LogP contribution >= 0.6 is 11.3 Å². The maximum atomic E-state index is 14.4. The molecule has 2 aromatic carbocycles. The molecule has 1 nitrogen and oxygen atoms in total. The highest BCUT2D eigenvalue weighted by molar-refractivity contribution is 7.13. The van der Waals surface area contributed by atoms with Crippen LogP contribution in [-0.2, 0) is 0 Å². The van der Waals surface area contributed by atoms with Gasteiger partial charge in [0.2, 0.25) is 0 Å². The van der Waals surface area contributed by atoms with Gasteiger partial charge in [0.05, 0.1) is 6.61 Å². The molecule has 0 unspecified atom stereocenters. The second kappa shape index (κ2) is 8.82. The second-order valence-electron chi connectivity index (χ2n) is 6.11. The summed E-state index contributed by atoms with van der Waals surface area (Å²) in [5.41, 5.74) is 2.54. The standard InChI is InChI=1S/C22H23FOS/c1-2-3-4-5-14-24-19-11-8-17(9-12-19)18-10-13-20(21(23)16-18)22-7-6-15-25-22/h6-13,15-16H,2-5,14H2,1H3. The average molecular weight is 354 g/mol. The topological polar surface area (TPSA) is 9.23 Å². The van der Waals surface area contributed by atoms with Crippen molar-refractivity contribution in [1.29, 1.82) is 0 Å². The molecule has 0 fully saturated rings. The van der Waals surface area contributed by atoms with Crippen molar-refractivity contribution in [2.75, 3.05) is 6.61 Å². The number of hydrogen-bond acceptors (Lipinski definition) is 2. The number of unbranched alkanes of at least 4 members (excludes halogenated alkanes) is 3. The number of halogens is 1. The van der Waals surface area contributed by atoms with Crippen LogP contribution in [0.4, 0.5) is 4.39 Å². The molecule has 0 amide bonds. The van der Waals surface area contributed by atoms with Crippen LogP contribution in [-0.4, -0.2) is 6.61 Å².